The molecule has 0 aromatic heterocycles. The Balaban J connectivity index is 2.02. The topological polar surface area (TPSA) is 9.23 Å². The van der Waals surface area contributed by atoms with Crippen LogP contribution in [0.25, 0.3) is 0 Å². The average molecular weight is 152 g/mol. The molecule has 0 radical (unpaired) electrons. The van der Waals surface area contributed by atoms with Crippen LogP contribution in [0.15, 0.2) is 11.6 Å². The van der Waals surface area contributed by atoms with Gasteiger partial charge in [0.2, 0.25) is 0 Å². The van der Waals surface area contributed by atoms with E-state index in [4.69, 9.17) is 4.74 Å². The first-order valence-corrected chi connectivity index (χ1v) is 4.72. The number of hydrogen-bond donors (Lipinski definition) is 0. The second-order valence-corrected chi connectivity index (χ2v) is 3.64. The predicted octanol–water partition coefficient (Wildman–Crippen LogP) is 2.66. The first-order valence-electron chi connectivity index (χ1n) is 4.72. The van der Waals surface area contributed by atoms with E-state index in [0.717, 1.165) is 0 Å². The second-order valence-electron chi connectivity index (χ2n) is 3.64. The minimum Gasteiger partial charge on any atom is -0.374 e. The van der Waals surface area contributed by atoms with Crippen molar-refractivity contribution in [2.75, 3.05) is 0 Å². The maximum atomic E-state index is 5.73. The van der Waals surface area contributed by atoms with E-state index in [1.807, 2.05) is 0 Å². The van der Waals surface area contributed by atoms with Crippen LogP contribution < -0.4 is 0 Å². The molecular formula is C10H16O. The number of ether oxygens (including phenoxy) is 1. The summed E-state index contributed by atoms with van der Waals surface area (Å²) >= 11 is 0. The van der Waals surface area contributed by atoms with Crippen LogP contribution in [-0.2, 0) is 4.74 Å². The molecule has 2 bridgehead atoms. The lowest BCUT2D eigenvalue weighted by molar-refractivity contribution is 0.0256. The molecule has 2 heterocycles. The van der Waals surface area contributed by atoms with Crippen LogP contribution in [0.2, 0.25) is 0 Å². The molecule has 2 fully saturated rings. The van der Waals surface area contributed by atoms with Gasteiger partial charge in [-0.2, -0.15) is 0 Å². The van der Waals surface area contributed by atoms with Crippen molar-refractivity contribution in [1.29, 1.82) is 0 Å². The van der Waals surface area contributed by atoms with Crippen LogP contribution in [0.3, 0.4) is 0 Å². The van der Waals surface area contributed by atoms with E-state index in [1.54, 1.807) is 5.57 Å². The summed E-state index contributed by atoms with van der Waals surface area (Å²) in [5, 5.41) is 0. The fourth-order valence-electron chi connectivity index (χ4n) is 2.20. The van der Waals surface area contributed by atoms with Crippen molar-refractivity contribution in [2.24, 2.45) is 0 Å². The molecular weight excluding hydrogens is 136 g/mol. The first-order chi connectivity index (χ1) is 5.38. The van der Waals surface area contributed by atoms with Crippen LogP contribution >= 0.6 is 0 Å². The SMILES string of the molecule is CCC=C1CC2CCC(C1)O2. The van der Waals surface area contributed by atoms with E-state index in [9.17, 15) is 0 Å². The van der Waals surface area contributed by atoms with Gasteiger partial charge in [0.1, 0.15) is 0 Å². The summed E-state index contributed by atoms with van der Waals surface area (Å²) in [4.78, 5) is 0. The van der Waals surface area contributed by atoms with Crippen LogP contribution in [0.1, 0.15) is 39.0 Å². The highest BCUT2D eigenvalue weighted by Crippen LogP contribution is 2.35. The van der Waals surface area contributed by atoms with Gasteiger partial charge in [0.15, 0.2) is 0 Å². The van der Waals surface area contributed by atoms with Gasteiger partial charge in [0.25, 0.3) is 0 Å². The van der Waals surface area contributed by atoms with Crippen LogP contribution in [0.5, 0.6) is 0 Å². The molecule has 2 unspecified atom stereocenters. The molecule has 0 aromatic carbocycles. The van der Waals surface area contributed by atoms with Crippen LogP contribution in [0.4, 0.5) is 0 Å². The molecule has 0 aromatic rings. The fourth-order valence-corrected chi connectivity index (χ4v) is 2.20. The number of rotatable bonds is 1. The molecule has 2 rings (SSSR count). The van der Waals surface area contributed by atoms with Gasteiger partial charge >= 0.3 is 0 Å². The summed E-state index contributed by atoms with van der Waals surface area (Å²) in [6.45, 7) is 2.21. The lowest BCUT2D eigenvalue weighted by atomic mass is 10.0. The van der Waals surface area contributed by atoms with Crippen molar-refractivity contribution in [3.05, 3.63) is 11.6 Å². The molecule has 62 valence electrons. The molecule has 1 heteroatoms. The summed E-state index contributed by atoms with van der Waals surface area (Å²) in [7, 11) is 0. The Hall–Kier alpha value is -0.300. The number of fused-ring (bicyclic) bond motifs is 2. The van der Waals surface area contributed by atoms with Crippen molar-refractivity contribution in [2.45, 2.75) is 51.2 Å². The lowest BCUT2D eigenvalue weighted by Crippen LogP contribution is -2.18. The van der Waals surface area contributed by atoms with Crippen molar-refractivity contribution in [1.82, 2.24) is 0 Å². The Morgan fingerprint density at radius 3 is 2.55 bits per heavy atom. The number of hydrogen-bond acceptors (Lipinski definition) is 1. The van der Waals surface area contributed by atoms with E-state index in [2.05, 4.69) is 13.0 Å². The second kappa shape index (κ2) is 2.98. The first kappa shape index (κ1) is 7.35. The molecule has 2 atom stereocenters. The monoisotopic (exact) mass is 152 g/mol. The fraction of sp³-hybridized carbons (Fsp3) is 0.800. The van der Waals surface area contributed by atoms with E-state index in [-0.39, 0.29) is 0 Å². The molecule has 1 nitrogen and oxygen atoms in total. The van der Waals surface area contributed by atoms with E-state index in [1.165, 1.54) is 32.1 Å². The molecule has 11 heavy (non-hydrogen) atoms. The standard InChI is InChI=1S/C10H16O/c1-2-3-8-6-9-4-5-10(7-8)11-9/h3,9-10H,2,4-7H2,1H3. The summed E-state index contributed by atoms with van der Waals surface area (Å²) in [5.74, 6) is 0. The Kier molecular flexibility index (Phi) is 1.99. The summed E-state index contributed by atoms with van der Waals surface area (Å²) in [6.07, 6.45) is 9.74. The molecule has 2 saturated heterocycles. The smallest absolute Gasteiger partial charge is 0.0617 e. The van der Waals surface area contributed by atoms with E-state index >= 15 is 0 Å². The highest BCUT2D eigenvalue weighted by molar-refractivity contribution is 5.09. The average Bonchev–Trinajstić information content (AvgIpc) is 2.32. The van der Waals surface area contributed by atoms with E-state index < -0.39 is 0 Å². The molecule has 0 aliphatic carbocycles. The maximum absolute atomic E-state index is 5.73. The Morgan fingerprint density at radius 1 is 1.36 bits per heavy atom. The van der Waals surface area contributed by atoms with Gasteiger partial charge in [-0.05, 0) is 32.1 Å². The molecule has 0 spiro atoms. The summed E-state index contributed by atoms with van der Waals surface area (Å²) < 4.78 is 5.73. The van der Waals surface area contributed by atoms with Gasteiger partial charge in [0.05, 0.1) is 12.2 Å². The van der Waals surface area contributed by atoms with Gasteiger partial charge in [-0.25, -0.2) is 0 Å². The zero-order valence-electron chi connectivity index (χ0n) is 7.18. The normalized spacial score (nSPS) is 35.9. The molecule has 2 aliphatic heterocycles. The molecule has 0 saturated carbocycles. The molecule has 0 amide bonds. The largest absolute Gasteiger partial charge is 0.374 e. The predicted molar refractivity (Wildman–Crippen MR) is 45.5 cm³/mol. The Labute approximate surface area is 68.4 Å². The van der Waals surface area contributed by atoms with Gasteiger partial charge in [0, 0.05) is 0 Å². The zero-order valence-corrected chi connectivity index (χ0v) is 7.18. The third-order valence-electron chi connectivity index (χ3n) is 2.67. The van der Waals surface area contributed by atoms with Gasteiger partial charge < -0.3 is 4.74 Å². The molecule has 2 aliphatic rings. The summed E-state index contributed by atoms with van der Waals surface area (Å²) in [6, 6.07) is 0. The van der Waals surface area contributed by atoms with Crippen molar-refractivity contribution in [3.8, 4) is 0 Å². The third-order valence-corrected chi connectivity index (χ3v) is 2.67. The minimum absolute atomic E-state index is 0.576. The van der Waals surface area contributed by atoms with Crippen LogP contribution in [-0.4, -0.2) is 12.2 Å². The maximum Gasteiger partial charge on any atom is 0.0617 e. The Bertz CT molecular complexity index is 158. The minimum atomic E-state index is 0.576. The third kappa shape index (κ3) is 1.48. The molecule has 0 N–H and O–H groups in total. The van der Waals surface area contributed by atoms with Gasteiger partial charge in [-0.3, -0.25) is 0 Å². The highest BCUT2D eigenvalue weighted by Gasteiger charge is 2.31. The van der Waals surface area contributed by atoms with Crippen molar-refractivity contribution >= 4 is 0 Å². The highest BCUT2D eigenvalue weighted by atomic mass is 16.5. The van der Waals surface area contributed by atoms with Crippen molar-refractivity contribution in [3.63, 3.8) is 0 Å². The van der Waals surface area contributed by atoms with Crippen LogP contribution in [0, 0.1) is 0 Å². The van der Waals surface area contributed by atoms with Gasteiger partial charge in [-0.1, -0.05) is 18.6 Å². The summed E-state index contributed by atoms with van der Waals surface area (Å²) in [5.41, 5.74) is 1.64. The van der Waals surface area contributed by atoms with Crippen molar-refractivity contribution < 1.29 is 4.74 Å². The van der Waals surface area contributed by atoms with E-state index in [0.29, 0.717) is 12.2 Å². The number of allylic oxidation sites excluding steroid dienone is 1. The lowest BCUT2D eigenvalue weighted by Gasteiger charge is -2.22. The quantitative estimate of drug-likeness (QED) is 0.525. The van der Waals surface area contributed by atoms with Gasteiger partial charge in [-0.15, -0.1) is 0 Å². The zero-order chi connectivity index (χ0) is 7.68. The Morgan fingerprint density at radius 2 is 2.00 bits per heavy atom.